The highest BCUT2D eigenvalue weighted by molar-refractivity contribution is 9.11. The van der Waals surface area contributed by atoms with E-state index in [1.54, 1.807) is 24.3 Å². The zero-order chi connectivity index (χ0) is 25.3. The van der Waals surface area contributed by atoms with Crippen LogP contribution in [0.4, 0.5) is 5.69 Å². The first-order valence-corrected chi connectivity index (χ1v) is 11.8. The highest BCUT2D eigenvalue weighted by atomic mass is 79.9. The molecule has 0 aromatic heterocycles. The fourth-order valence-electron chi connectivity index (χ4n) is 3.18. The zero-order valence-corrected chi connectivity index (χ0v) is 21.7. The van der Waals surface area contributed by atoms with Crippen LogP contribution in [-0.4, -0.2) is 22.8 Å². The second-order valence-corrected chi connectivity index (χ2v) is 9.39. The fraction of sp³-hybridized carbons (Fsp3) is 0.0417. The first-order chi connectivity index (χ1) is 16.6. The molecule has 1 aliphatic rings. The molecule has 35 heavy (non-hydrogen) atoms. The van der Waals surface area contributed by atoms with Crippen molar-refractivity contribution in [3.63, 3.8) is 0 Å². The van der Waals surface area contributed by atoms with E-state index in [1.165, 1.54) is 18.2 Å². The van der Waals surface area contributed by atoms with Gasteiger partial charge < -0.3 is 9.47 Å². The number of esters is 2. The van der Waals surface area contributed by atoms with Crippen LogP contribution in [0.25, 0.3) is 6.08 Å². The number of ether oxygens (including phenoxy) is 2. The second kappa shape index (κ2) is 10.1. The number of rotatable bonds is 5. The van der Waals surface area contributed by atoms with Crippen LogP contribution in [0.1, 0.15) is 27.0 Å². The van der Waals surface area contributed by atoms with Gasteiger partial charge in [-0.1, -0.05) is 29.8 Å². The van der Waals surface area contributed by atoms with E-state index >= 15 is 0 Å². The summed E-state index contributed by atoms with van der Waals surface area (Å²) in [5.74, 6) is -1.01. The molecule has 0 bridgehead atoms. The highest BCUT2D eigenvalue weighted by Gasteiger charge is 2.27. The third kappa shape index (κ3) is 5.34. The summed E-state index contributed by atoms with van der Waals surface area (Å²) in [4.78, 5) is 39.5. The Labute approximate surface area is 220 Å². The Balaban J connectivity index is 1.61. The van der Waals surface area contributed by atoms with Crippen LogP contribution in [-0.2, 0) is 9.53 Å². The third-order valence-corrected chi connectivity index (χ3v) is 6.39. The fourth-order valence-corrected chi connectivity index (χ4v) is 4.82. The minimum atomic E-state index is -0.711. The molecule has 3 aromatic rings. The smallest absolute Gasteiger partial charge is 0.363 e. The topological polar surface area (TPSA) is 108 Å². The van der Waals surface area contributed by atoms with Crippen molar-refractivity contribution in [2.75, 3.05) is 0 Å². The molecule has 8 nitrogen and oxygen atoms in total. The van der Waals surface area contributed by atoms with E-state index in [-0.39, 0.29) is 33.6 Å². The summed E-state index contributed by atoms with van der Waals surface area (Å²) >= 11 is 12.9. The standard InChI is InChI=1S/C24H13Br2ClN2O6/c1-12-4-2-3-5-15(12)23(30)34-21-17(25)8-13(9-18(21)26)10-20-24(31)35-22(28-20)16-7-6-14(29(32)33)11-19(16)27/h2-11H,1H3/b20-10-. The number of non-ortho nitro benzene ring substituents is 1. The number of aryl methyl sites for hydroxylation is 1. The van der Waals surface area contributed by atoms with E-state index in [0.717, 1.165) is 11.6 Å². The number of cyclic esters (lactones) is 1. The second-order valence-electron chi connectivity index (χ2n) is 7.28. The molecule has 0 aliphatic carbocycles. The Morgan fingerprint density at radius 2 is 1.83 bits per heavy atom. The van der Waals surface area contributed by atoms with Gasteiger partial charge in [0.15, 0.2) is 11.4 Å². The van der Waals surface area contributed by atoms with E-state index in [1.807, 2.05) is 19.1 Å². The van der Waals surface area contributed by atoms with Gasteiger partial charge in [-0.25, -0.2) is 14.6 Å². The maximum absolute atomic E-state index is 12.6. The van der Waals surface area contributed by atoms with Crippen molar-refractivity contribution in [2.24, 2.45) is 4.99 Å². The lowest BCUT2D eigenvalue weighted by molar-refractivity contribution is -0.384. The number of halogens is 3. The van der Waals surface area contributed by atoms with Crippen molar-refractivity contribution in [1.29, 1.82) is 0 Å². The Kier molecular flexibility index (Phi) is 7.15. The predicted molar refractivity (Wildman–Crippen MR) is 137 cm³/mol. The Morgan fingerprint density at radius 3 is 2.46 bits per heavy atom. The number of nitrogens with zero attached hydrogens (tertiary/aromatic N) is 2. The van der Waals surface area contributed by atoms with Crippen molar-refractivity contribution in [3.05, 3.63) is 107 Å². The molecule has 0 spiro atoms. The summed E-state index contributed by atoms with van der Waals surface area (Å²) in [6.07, 6.45) is 1.48. The monoisotopic (exact) mass is 618 g/mol. The van der Waals surface area contributed by atoms with Crippen molar-refractivity contribution < 1.29 is 24.0 Å². The predicted octanol–water partition coefficient (Wildman–Crippen LogP) is 6.65. The molecule has 0 fully saturated rings. The van der Waals surface area contributed by atoms with Gasteiger partial charge in [-0.05, 0) is 80.3 Å². The number of hydrogen-bond acceptors (Lipinski definition) is 7. The van der Waals surface area contributed by atoms with Crippen molar-refractivity contribution in [1.82, 2.24) is 0 Å². The molecule has 0 saturated heterocycles. The Morgan fingerprint density at radius 1 is 1.14 bits per heavy atom. The molecule has 0 N–H and O–H groups in total. The van der Waals surface area contributed by atoms with E-state index in [9.17, 15) is 19.7 Å². The first-order valence-electron chi connectivity index (χ1n) is 9.88. The minimum Gasteiger partial charge on any atom is -0.420 e. The van der Waals surface area contributed by atoms with Crippen LogP contribution in [0.5, 0.6) is 5.75 Å². The first kappa shape index (κ1) is 24.8. The molecule has 3 aromatic carbocycles. The molecule has 0 amide bonds. The lowest BCUT2D eigenvalue weighted by Gasteiger charge is -2.11. The van der Waals surface area contributed by atoms with Crippen LogP contribution in [0.2, 0.25) is 5.02 Å². The highest BCUT2D eigenvalue weighted by Crippen LogP contribution is 2.36. The summed E-state index contributed by atoms with van der Waals surface area (Å²) in [5, 5.41) is 10.9. The maximum Gasteiger partial charge on any atom is 0.363 e. The number of benzene rings is 3. The number of aliphatic imine (C=N–C) groups is 1. The van der Waals surface area contributed by atoms with Gasteiger partial charge in [-0.3, -0.25) is 10.1 Å². The maximum atomic E-state index is 12.6. The SMILES string of the molecule is Cc1ccccc1C(=O)Oc1c(Br)cc(/C=C2\N=C(c3ccc([N+](=O)[O-])cc3Cl)OC2=O)cc1Br. The van der Waals surface area contributed by atoms with Gasteiger partial charge in [0.2, 0.25) is 5.90 Å². The molecule has 11 heteroatoms. The summed E-state index contributed by atoms with van der Waals surface area (Å²) in [7, 11) is 0. The number of carbonyl (C=O) groups is 2. The molecule has 0 unspecified atom stereocenters. The number of nitro groups is 1. The van der Waals surface area contributed by atoms with Crippen molar-refractivity contribution in [2.45, 2.75) is 6.92 Å². The van der Waals surface area contributed by atoms with Crippen LogP contribution in [0.3, 0.4) is 0 Å². The molecule has 176 valence electrons. The van der Waals surface area contributed by atoms with Gasteiger partial charge in [0, 0.05) is 12.1 Å². The Hall–Kier alpha value is -3.34. The van der Waals surface area contributed by atoms with Gasteiger partial charge in [-0.15, -0.1) is 0 Å². The average Bonchev–Trinajstić information content (AvgIpc) is 3.16. The summed E-state index contributed by atoms with van der Waals surface area (Å²) in [6.45, 7) is 1.81. The van der Waals surface area contributed by atoms with Gasteiger partial charge in [0.05, 0.1) is 30.0 Å². The molecule has 0 radical (unpaired) electrons. The van der Waals surface area contributed by atoms with Crippen molar-refractivity contribution in [3.8, 4) is 5.75 Å². The van der Waals surface area contributed by atoms with E-state index in [4.69, 9.17) is 21.1 Å². The van der Waals surface area contributed by atoms with Crippen molar-refractivity contribution >= 4 is 73.1 Å². The number of carbonyl (C=O) groups excluding carboxylic acids is 2. The van der Waals surface area contributed by atoms with Gasteiger partial charge in [-0.2, -0.15) is 0 Å². The lowest BCUT2D eigenvalue weighted by atomic mass is 10.1. The molecular weight excluding hydrogens is 608 g/mol. The number of hydrogen-bond donors (Lipinski definition) is 0. The molecule has 1 heterocycles. The molecule has 4 rings (SSSR count). The molecular formula is C24H13Br2ClN2O6. The quantitative estimate of drug-likeness (QED) is 0.104. The molecule has 1 aliphatic heterocycles. The molecule has 0 atom stereocenters. The summed E-state index contributed by atoms with van der Waals surface area (Å²) < 4.78 is 11.7. The lowest BCUT2D eigenvalue weighted by Crippen LogP contribution is -2.11. The zero-order valence-electron chi connectivity index (χ0n) is 17.8. The van der Waals surface area contributed by atoms with Gasteiger partial charge >= 0.3 is 11.9 Å². The number of nitro benzene ring substituents is 1. The largest absolute Gasteiger partial charge is 0.420 e. The van der Waals surface area contributed by atoms with Crippen LogP contribution in [0, 0.1) is 17.0 Å². The van der Waals surface area contributed by atoms with Crippen LogP contribution >= 0.6 is 43.5 Å². The minimum absolute atomic E-state index is 0.00197. The van der Waals surface area contributed by atoms with E-state index < -0.39 is 16.9 Å². The molecule has 0 saturated carbocycles. The Bertz CT molecular complexity index is 1450. The third-order valence-electron chi connectivity index (χ3n) is 4.90. The van der Waals surface area contributed by atoms with Gasteiger partial charge in [0.25, 0.3) is 5.69 Å². The van der Waals surface area contributed by atoms with Crippen LogP contribution < -0.4 is 4.74 Å². The normalized spacial score (nSPS) is 14.0. The summed E-state index contributed by atoms with van der Waals surface area (Å²) in [6, 6.07) is 14.1. The van der Waals surface area contributed by atoms with Crippen LogP contribution in [0.15, 0.2) is 74.2 Å². The van der Waals surface area contributed by atoms with E-state index in [0.29, 0.717) is 20.1 Å². The van der Waals surface area contributed by atoms with E-state index in [2.05, 4.69) is 36.9 Å². The average molecular weight is 621 g/mol. The summed E-state index contributed by atoms with van der Waals surface area (Å²) in [5.41, 5.74) is 1.84. The van der Waals surface area contributed by atoms with Gasteiger partial charge in [0.1, 0.15) is 0 Å².